The van der Waals surface area contributed by atoms with Gasteiger partial charge in [0, 0.05) is 30.2 Å². The van der Waals surface area contributed by atoms with Crippen LogP contribution >= 0.6 is 0 Å². The molecular formula is C17H24N2O. The van der Waals surface area contributed by atoms with Crippen molar-refractivity contribution in [1.82, 2.24) is 4.90 Å². The summed E-state index contributed by atoms with van der Waals surface area (Å²) in [7, 11) is 0. The summed E-state index contributed by atoms with van der Waals surface area (Å²) in [4.78, 5) is 2.71. The third-order valence-electron chi connectivity index (χ3n) is 5.48. The summed E-state index contributed by atoms with van der Waals surface area (Å²) in [6, 6.07) is 9.24. The van der Waals surface area contributed by atoms with Crippen molar-refractivity contribution >= 4 is 5.69 Å². The molecule has 0 spiro atoms. The van der Waals surface area contributed by atoms with E-state index >= 15 is 0 Å². The molecule has 108 valence electrons. The van der Waals surface area contributed by atoms with Gasteiger partial charge in [0.2, 0.25) is 0 Å². The molecule has 2 unspecified atom stereocenters. The molecule has 2 aliphatic carbocycles. The summed E-state index contributed by atoms with van der Waals surface area (Å²) in [5.41, 5.74) is 8.57. The minimum atomic E-state index is 0.401. The van der Waals surface area contributed by atoms with Crippen molar-refractivity contribution in [2.45, 2.75) is 49.7 Å². The quantitative estimate of drug-likeness (QED) is 0.859. The van der Waals surface area contributed by atoms with Gasteiger partial charge in [-0.25, -0.2) is 0 Å². The van der Waals surface area contributed by atoms with Crippen LogP contribution in [-0.4, -0.2) is 36.7 Å². The zero-order chi connectivity index (χ0) is 13.6. The molecule has 3 heteroatoms. The summed E-state index contributed by atoms with van der Waals surface area (Å²) in [5, 5.41) is 0. The summed E-state index contributed by atoms with van der Waals surface area (Å²) in [6.07, 6.45) is 7.07. The van der Waals surface area contributed by atoms with Crippen LogP contribution in [0.1, 0.15) is 37.7 Å². The Balaban J connectivity index is 1.51. The van der Waals surface area contributed by atoms with E-state index in [1.807, 2.05) is 12.1 Å². The molecule has 1 aromatic carbocycles. The van der Waals surface area contributed by atoms with Crippen molar-refractivity contribution in [3.05, 3.63) is 29.8 Å². The number of benzene rings is 1. The lowest BCUT2D eigenvalue weighted by Crippen LogP contribution is -2.51. The van der Waals surface area contributed by atoms with Crippen molar-refractivity contribution in [2.24, 2.45) is 0 Å². The maximum Gasteiger partial charge on any atom is 0.0730 e. The summed E-state index contributed by atoms with van der Waals surface area (Å²) in [6.45, 7) is 3.23. The fourth-order valence-electron chi connectivity index (χ4n) is 4.12. The number of anilines is 1. The lowest BCUT2D eigenvalue weighted by atomic mass is 9.94. The molecule has 2 N–H and O–H groups in total. The van der Waals surface area contributed by atoms with Gasteiger partial charge in [0.05, 0.1) is 12.7 Å². The van der Waals surface area contributed by atoms with Crippen LogP contribution in [0.4, 0.5) is 5.69 Å². The zero-order valence-electron chi connectivity index (χ0n) is 12.1. The standard InChI is InChI=1S/C17H24N2O/c18-14-6-4-13(5-7-14)17(8-9-17)12-19-10-11-20-16-3-1-2-15(16)19/h4-7,15-16H,1-3,8-12,18H2. The Labute approximate surface area is 121 Å². The number of nitrogen functional groups attached to an aromatic ring is 1. The lowest BCUT2D eigenvalue weighted by Gasteiger charge is -2.39. The van der Waals surface area contributed by atoms with Gasteiger partial charge in [-0.3, -0.25) is 4.90 Å². The Morgan fingerprint density at radius 3 is 2.75 bits per heavy atom. The van der Waals surface area contributed by atoms with Crippen molar-refractivity contribution in [2.75, 3.05) is 25.4 Å². The molecule has 1 aliphatic heterocycles. The van der Waals surface area contributed by atoms with Gasteiger partial charge < -0.3 is 10.5 Å². The third-order valence-corrected chi connectivity index (χ3v) is 5.48. The molecular weight excluding hydrogens is 248 g/mol. The molecule has 20 heavy (non-hydrogen) atoms. The number of nitrogens with two attached hydrogens (primary N) is 1. The average Bonchev–Trinajstić information content (AvgIpc) is 3.07. The molecule has 1 saturated heterocycles. The molecule has 1 heterocycles. The Morgan fingerprint density at radius 1 is 1.20 bits per heavy atom. The highest BCUT2D eigenvalue weighted by atomic mass is 16.5. The Bertz CT molecular complexity index is 480. The SMILES string of the molecule is Nc1ccc(C2(CN3CCOC4CCCC43)CC2)cc1. The van der Waals surface area contributed by atoms with Crippen LogP contribution in [0, 0.1) is 0 Å². The van der Waals surface area contributed by atoms with Crippen LogP contribution in [0.25, 0.3) is 0 Å². The summed E-state index contributed by atoms with van der Waals surface area (Å²) in [5.74, 6) is 0. The van der Waals surface area contributed by atoms with E-state index in [9.17, 15) is 0 Å². The molecule has 3 nitrogen and oxygen atoms in total. The number of ether oxygens (including phenoxy) is 1. The van der Waals surface area contributed by atoms with E-state index in [1.54, 1.807) is 0 Å². The number of nitrogens with zero attached hydrogens (tertiary/aromatic N) is 1. The largest absolute Gasteiger partial charge is 0.399 e. The number of hydrogen-bond donors (Lipinski definition) is 1. The molecule has 0 aromatic heterocycles. The highest BCUT2D eigenvalue weighted by Crippen LogP contribution is 2.49. The van der Waals surface area contributed by atoms with Gasteiger partial charge in [-0.05, 0) is 49.8 Å². The number of rotatable bonds is 3. The first-order chi connectivity index (χ1) is 9.77. The topological polar surface area (TPSA) is 38.5 Å². The van der Waals surface area contributed by atoms with Crippen LogP contribution in [0.2, 0.25) is 0 Å². The van der Waals surface area contributed by atoms with Crippen LogP contribution in [0.3, 0.4) is 0 Å². The van der Waals surface area contributed by atoms with Crippen LogP contribution in [0.5, 0.6) is 0 Å². The second-order valence-electron chi connectivity index (χ2n) is 6.78. The highest BCUT2D eigenvalue weighted by molar-refractivity contribution is 5.43. The molecule has 0 bridgehead atoms. The maximum atomic E-state index is 5.93. The van der Waals surface area contributed by atoms with Crippen molar-refractivity contribution in [1.29, 1.82) is 0 Å². The van der Waals surface area contributed by atoms with Gasteiger partial charge in [-0.1, -0.05) is 12.1 Å². The molecule has 0 amide bonds. The van der Waals surface area contributed by atoms with E-state index in [0.29, 0.717) is 17.6 Å². The Hall–Kier alpha value is -1.06. The Kier molecular flexibility index (Phi) is 3.00. The second kappa shape index (κ2) is 4.74. The summed E-state index contributed by atoms with van der Waals surface area (Å²) >= 11 is 0. The molecule has 2 saturated carbocycles. The molecule has 3 fully saturated rings. The highest BCUT2D eigenvalue weighted by Gasteiger charge is 2.48. The smallest absolute Gasteiger partial charge is 0.0730 e. The number of hydrogen-bond acceptors (Lipinski definition) is 3. The first-order valence-corrected chi connectivity index (χ1v) is 7.99. The van der Waals surface area contributed by atoms with Crippen LogP contribution in [-0.2, 0) is 10.2 Å². The molecule has 4 rings (SSSR count). The van der Waals surface area contributed by atoms with Crippen LogP contribution < -0.4 is 5.73 Å². The van der Waals surface area contributed by atoms with Gasteiger partial charge in [0.1, 0.15) is 0 Å². The van der Waals surface area contributed by atoms with Gasteiger partial charge >= 0.3 is 0 Å². The van der Waals surface area contributed by atoms with Crippen molar-refractivity contribution < 1.29 is 4.74 Å². The summed E-state index contributed by atoms with van der Waals surface area (Å²) < 4.78 is 5.93. The fraction of sp³-hybridized carbons (Fsp3) is 0.647. The minimum Gasteiger partial charge on any atom is -0.399 e. The fourth-order valence-corrected chi connectivity index (χ4v) is 4.12. The van der Waals surface area contributed by atoms with Crippen molar-refractivity contribution in [3.8, 4) is 0 Å². The Morgan fingerprint density at radius 2 is 2.00 bits per heavy atom. The first-order valence-electron chi connectivity index (χ1n) is 7.99. The molecule has 3 aliphatic rings. The van der Waals surface area contributed by atoms with Gasteiger partial charge in [0.25, 0.3) is 0 Å². The monoisotopic (exact) mass is 272 g/mol. The predicted octanol–water partition coefficient (Wildman–Crippen LogP) is 2.55. The maximum absolute atomic E-state index is 5.93. The molecule has 2 atom stereocenters. The number of morpholine rings is 1. The van der Waals surface area contributed by atoms with Gasteiger partial charge in [-0.2, -0.15) is 0 Å². The van der Waals surface area contributed by atoms with E-state index in [0.717, 1.165) is 18.8 Å². The zero-order valence-corrected chi connectivity index (χ0v) is 12.1. The second-order valence-corrected chi connectivity index (χ2v) is 6.78. The van der Waals surface area contributed by atoms with Crippen LogP contribution in [0.15, 0.2) is 24.3 Å². The molecule has 1 aromatic rings. The van der Waals surface area contributed by atoms with Gasteiger partial charge in [-0.15, -0.1) is 0 Å². The predicted molar refractivity (Wildman–Crippen MR) is 80.7 cm³/mol. The minimum absolute atomic E-state index is 0.401. The number of fused-ring (bicyclic) bond motifs is 1. The van der Waals surface area contributed by atoms with E-state index in [2.05, 4.69) is 17.0 Å². The van der Waals surface area contributed by atoms with E-state index in [1.165, 1.54) is 44.2 Å². The molecule has 0 radical (unpaired) electrons. The average molecular weight is 272 g/mol. The lowest BCUT2D eigenvalue weighted by molar-refractivity contribution is -0.0584. The third kappa shape index (κ3) is 2.13. The van der Waals surface area contributed by atoms with E-state index in [4.69, 9.17) is 10.5 Å². The van der Waals surface area contributed by atoms with E-state index < -0.39 is 0 Å². The van der Waals surface area contributed by atoms with Crippen molar-refractivity contribution in [3.63, 3.8) is 0 Å². The van der Waals surface area contributed by atoms with E-state index in [-0.39, 0.29) is 0 Å². The normalized spacial score (nSPS) is 32.0. The van der Waals surface area contributed by atoms with Gasteiger partial charge in [0.15, 0.2) is 0 Å². The first kappa shape index (κ1) is 12.7.